The van der Waals surface area contributed by atoms with Crippen LogP contribution < -0.4 is 10.2 Å². The quantitative estimate of drug-likeness (QED) is 0.336. The summed E-state index contributed by atoms with van der Waals surface area (Å²) in [7, 11) is 1.62. The van der Waals surface area contributed by atoms with Gasteiger partial charge in [-0.2, -0.15) is 8.78 Å². The van der Waals surface area contributed by atoms with Gasteiger partial charge >= 0.3 is 0 Å². The maximum Gasteiger partial charge on any atom is 0.286 e. The molecule has 200 valence electrons. The fourth-order valence-electron chi connectivity index (χ4n) is 4.40. The van der Waals surface area contributed by atoms with Crippen LogP contribution in [0.15, 0.2) is 48.8 Å². The van der Waals surface area contributed by atoms with Crippen LogP contribution in [0.4, 0.5) is 20.3 Å². The predicted molar refractivity (Wildman–Crippen MR) is 146 cm³/mol. The molecule has 7 nitrogen and oxygen atoms in total. The van der Waals surface area contributed by atoms with Crippen LogP contribution in [0.2, 0.25) is 0 Å². The molecule has 10 heteroatoms. The minimum absolute atomic E-state index is 0.0300. The first-order chi connectivity index (χ1) is 18.0. The highest BCUT2D eigenvalue weighted by Crippen LogP contribution is 2.44. The number of thioether (sulfide) groups is 1. The Balaban J connectivity index is 1.67. The van der Waals surface area contributed by atoms with Crippen molar-refractivity contribution in [2.45, 2.75) is 51.3 Å². The predicted octanol–water partition coefficient (Wildman–Crippen LogP) is 6.34. The van der Waals surface area contributed by atoms with Gasteiger partial charge in [-0.25, -0.2) is 4.98 Å². The molecule has 0 aliphatic carbocycles. The summed E-state index contributed by atoms with van der Waals surface area (Å²) >= 11 is 1.55. The molecule has 0 spiro atoms. The van der Waals surface area contributed by atoms with Gasteiger partial charge in [0.1, 0.15) is 11.5 Å². The smallest absolute Gasteiger partial charge is 0.286 e. The van der Waals surface area contributed by atoms with Gasteiger partial charge in [0, 0.05) is 66.5 Å². The molecule has 4 rings (SSSR count). The standard InChI is InChI=1S/C28H30F2N4O3S/c1-16(2)34-25(35)13-23(38-15-37-5)22-10-19(14-32-26(22)34)21-12-20(7-6-17(21)3)33-27(36)18-8-9-31-24(11-18)28(4,29)30/h6-12,14,16,23H,13,15H2,1-5H3,(H,33,36). The summed E-state index contributed by atoms with van der Waals surface area (Å²) in [6.45, 7) is 6.62. The molecule has 0 bridgehead atoms. The minimum Gasteiger partial charge on any atom is -0.374 e. The summed E-state index contributed by atoms with van der Waals surface area (Å²) in [5.41, 5.74) is 3.76. The number of carbonyl (C=O) groups is 2. The molecule has 1 aliphatic heterocycles. The summed E-state index contributed by atoms with van der Waals surface area (Å²) in [5, 5.41) is 2.70. The Kier molecular flexibility index (Phi) is 8.13. The number of hydrogen-bond acceptors (Lipinski definition) is 6. The van der Waals surface area contributed by atoms with E-state index in [2.05, 4.69) is 10.3 Å². The Morgan fingerprint density at radius 3 is 2.68 bits per heavy atom. The molecular formula is C28H30F2N4O3S. The second-order valence-corrected chi connectivity index (χ2v) is 10.7. The van der Waals surface area contributed by atoms with E-state index in [0.717, 1.165) is 35.2 Å². The zero-order valence-electron chi connectivity index (χ0n) is 21.9. The van der Waals surface area contributed by atoms with Gasteiger partial charge in [-0.15, -0.1) is 11.8 Å². The van der Waals surface area contributed by atoms with E-state index >= 15 is 0 Å². The summed E-state index contributed by atoms with van der Waals surface area (Å²) in [6, 6.07) is 9.97. The largest absolute Gasteiger partial charge is 0.374 e. The van der Waals surface area contributed by atoms with Crippen molar-refractivity contribution in [1.82, 2.24) is 9.97 Å². The van der Waals surface area contributed by atoms with E-state index in [0.29, 0.717) is 23.9 Å². The molecule has 0 saturated carbocycles. The third kappa shape index (κ3) is 5.86. The minimum atomic E-state index is -3.15. The fraction of sp³-hybridized carbons (Fsp3) is 0.357. The van der Waals surface area contributed by atoms with Gasteiger partial charge in [0.15, 0.2) is 0 Å². The Bertz CT molecular complexity index is 1360. The lowest BCUT2D eigenvalue weighted by atomic mass is 9.96. The molecule has 1 atom stereocenters. The van der Waals surface area contributed by atoms with Crippen molar-refractivity contribution in [1.29, 1.82) is 0 Å². The summed E-state index contributed by atoms with van der Waals surface area (Å²) in [4.78, 5) is 35.8. The van der Waals surface area contributed by atoms with Crippen molar-refractivity contribution in [3.8, 4) is 11.1 Å². The van der Waals surface area contributed by atoms with E-state index in [1.807, 2.05) is 39.0 Å². The summed E-state index contributed by atoms with van der Waals surface area (Å²) < 4.78 is 32.6. The van der Waals surface area contributed by atoms with E-state index < -0.39 is 17.5 Å². The highest BCUT2D eigenvalue weighted by molar-refractivity contribution is 7.99. The highest BCUT2D eigenvalue weighted by Gasteiger charge is 2.34. The molecule has 3 heterocycles. The lowest BCUT2D eigenvalue weighted by Gasteiger charge is -2.35. The third-order valence-electron chi connectivity index (χ3n) is 6.28. The Morgan fingerprint density at radius 2 is 2.00 bits per heavy atom. The van der Waals surface area contributed by atoms with E-state index in [9.17, 15) is 18.4 Å². The number of aromatic nitrogens is 2. The van der Waals surface area contributed by atoms with Crippen LogP contribution in [0.25, 0.3) is 11.1 Å². The maximum absolute atomic E-state index is 13.7. The SMILES string of the molecule is COCSC1CC(=O)N(C(C)C)c2ncc(-c3cc(NC(=O)c4ccnc(C(C)(F)F)c4)ccc3C)cc21. The number of amides is 2. The Labute approximate surface area is 225 Å². The average Bonchev–Trinajstić information content (AvgIpc) is 2.87. The second kappa shape index (κ2) is 11.2. The second-order valence-electron chi connectivity index (χ2n) is 9.56. The van der Waals surface area contributed by atoms with Gasteiger partial charge in [-0.1, -0.05) is 6.07 Å². The Morgan fingerprint density at radius 1 is 1.24 bits per heavy atom. The molecule has 1 N–H and O–H groups in total. The monoisotopic (exact) mass is 540 g/mol. The number of pyridine rings is 2. The molecule has 38 heavy (non-hydrogen) atoms. The van der Waals surface area contributed by atoms with Gasteiger partial charge in [-0.3, -0.25) is 19.5 Å². The third-order valence-corrected chi connectivity index (χ3v) is 7.48. The lowest BCUT2D eigenvalue weighted by molar-refractivity contribution is -0.119. The number of aryl methyl sites for hydroxylation is 1. The average molecular weight is 541 g/mol. The summed E-state index contributed by atoms with van der Waals surface area (Å²) in [6.07, 6.45) is 3.28. The van der Waals surface area contributed by atoms with Crippen molar-refractivity contribution in [2.75, 3.05) is 23.3 Å². The topological polar surface area (TPSA) is 84.4 Å². The number of alkyl halides is 2. The number of fused-ring (bicyclic) bond motifs is 1. The molecule has 1 unspecified atom stereocenters. The molecule has 0 saturated heterocycles. The van der Waals surface area contributed by atoms with Crippen molar-refractivity contribution in [3.63, 3.8) is 0 Å². The van der Waals surface area contributed by atoms with E-state index in [1.54, 1.807) is 36.0 Å². The van der Waals surface area contributed by atoms with Crippen LogP contribution in [0.5, 0.6) is 0 Å². The molecule has 2 amide bonds. The number of rotatable bonds is 8. The number of ether oxygens (including phenoxy) is 1. The van der Waals surface area contributed by atoms with Gasteiger partial charge < -0.3 is 10.1 Å². The van der Waals surface area contributed by atoms with E-state index in [1.165, 1.54) is 12.3 Å². The fourth-order valence-corrected chi connectivity index (χ4v) is 5.32. The number of nitrogens with zero attached hydrogens (tertiary/aromatic N) is 3. The number of anilines is 2. The maximum atomic E-state index is 13.7. The van der Waals surface area contributed by atoms with Crippen molar-refractivity contribution in [2.24, 2.45) is 0 Å². The van der Waals surface area contributed by atoms with Crippen LogP contribution in [-0.4, -0.2) is 40.9 Å². The van der Waals surface area contributed by atoms with Crippen LogP contribution in [0.3, 0.4) is 0 Å². The molecule has 2 aromatic heterocycles. The van der Waals surface area contributed by atoms with Crippen molar-refractivity contribution >= 4 is 35.1 Å². The van der Waals surface area contributed by atoms with Crippen molar-refractivity contribution < 1.29 is 23.1 Å². The van der Waals surface area contributed by atoms with E-state index in [4.69, 9.17) is 9.72 Å². The van der Waals surface area contributed by atoms with Gasteiger partial charge in [-0.05, 0) is 62.2 Å². The number of hydrogen-bond donors (Lipinski definition) is 1. The van der Waals surface area contributed by atoms with Crippen molar-refractivity contribution in [3.05, 3.63) is 71.2 Å². The molecule has 1 aliphatic rings. The molecule has 3 aromatic rings. The first kappa shape index (κ1) is 27.7. The number of nitrogens with one attached hydrogen (secondary N) is 1. The summed E-state index contributed by atoms with van der Waals surface area (Å²) in [5.74, 6) is -2.54. The van der Waals surface area contributed by atoms with Gasteiger partial charge in [0.05, 0.1) is 5.94 Å². The molecule has 1 aromatic carbocycles. The molecule has 0 fully saturated rings. The molecule has 0 radical (unpaired) electrons. The lowest BCUT2D eigenvalue weighted by Crippen LogP contribution is -2.41. The molecular weight excluding hydrogens is 510 g/mol. The van der Waals surface area contributed by atoms with Crippen LogP contribution in [0.1, 0.15) is 59.6 Å². The number of methoxy groups -OCH3 is 1. The van der Waals surface area contributed by atoms with Crippen LogP contribution in [-0.2, 0) is 15.5 Å². The number of halogens is 2. The zero-order valence-corrected chi connectivity index (χ0v) is 22.7. The van der Waals surface area contributed by atoms with Crippen LogP contribution in [0, 0.1) is 6.92 Å². The number of carbonyl (C=O) groups excluding carboxylic acids is 2. The van der Waals surface area contributed by atoms with Gasteiger partial charge in [0.2, 0.25) is 5.91 Å². The number of benzene rings is 1. The first-order valence-corrected chi connectivity index (χ1v) is 13.2. The van der Waals surface area contributed by atoms with E-state index in [-0.39, 0.29) is 22.8 Å². The normalized spacial score (nSPS) is 15.5. The first-order valence-electron chi connectivity index (χ1n) is 12.2. The zero-order chi connectivity index (χ0) is 27.6. The highest BCUT2D eigenvalue weighted by atomic mass is 32.2. The van der Waals surface area contributed by atoms with Crippen LogP contribution >= 0.6 is 11.8 Å². The Hall–Kier alpha value is -3.37. The van der Waals surface area contributed by atoms with Gasteiger partial charge in [0.25, 0.3) is 11.8 Å².